The van der Waals surface area contributed by atoms with E-state index in [1.165, 1.54) is 48.5 Å². The fraction of sp³-hybridized carbons (Fsp3) is 0.154. The first-order valence-electron chi connectivity index (χ1n) is 10.9. The summed E-state index contributed by atoms with van der Waals surface area (Å²) in [5, 5.41) is 11.9. The van der Waals surface area contributed by atoms with E-state index in [0.717, 1.165) is 12.1 Å². The zero-order valence-electron chi connectivity index (χ0n) is 19.8. The maximum absolute atomic E-state index is 12.9. The van der Waals surface area contributed by atoms with Gasteiger partial charge >= 0.3 is 6.18 Å². The van der Waals surface area contributed by atoms with Crippen LogP contribution in [0.4, 0.5) is 18.9 Å². The second-order valence-corrected chi connectivity index (χ2v) is 10.5. The van der Waals surface area contributed by atoms with Gasteiger partial charge in [-0.05, 0) is 73.2 Å². The van der Waals surface area contributed by atoms with Crippen LogP contribution in [0.3, 0.4) is 0 Å². The minimum atomic E-state index is -4.55. The first-order chi connectivity index (χ1) is 17.9. The van der Waals surface area contributed by atoms with Crippen LogP contribution in [0.5, 0.6) is 11.5 Å². The molecule has 0 aliphatic heterocycles. The van der Waals surface area contributed by atoms with Crippen LogP contribution in [-0.4, -0.2) is 27.5 Å². The quantitative estimate of drug-likeness (QED) is 0.289. The van der Waals surface area contributed by atoms with Crippen molar-refractivity contribution in [3.05, 3.63) is 87.2 Å². The van der Waals surface area contributed by atoms with Crippen molar-refractivity contribution in [2.45, 2.75) is 18.0 Å². The van der Waals surface area contributed by atoms with Crippen molar-refractivity contribution in [3.8, 4) is 17.6 Å². The summed E-state index contributed by atoms with van der Waals surface area (Å²) in [4.78, 5) is 11.7. The van der Waals surface area contributed by atoms with Gasteiger partial charge in [0.15, 0.2) is 18.1 Å². The van der Waals surface area contributed by atoms with Gasteiger partial charge in [0.05, 0.1) is 17.1 Å². The van der Waals surface area contributed by atoms with E-state index in [0.29, 0.717) is 10.0 Å². The molecule has 3 rings (SSSR count). The van der Waals surface area contributed by atoms with Crippen LogP contribution in [0.1, 0.15) is 18.1 Å². The molecule has 7 nitrogen and oxygen atoms in total. The molecule has 0 saturated heterocycles. The summed E-state index contributed by atoms with van der Waals surface area (Å²) in [6.07, 6.45) is -3.37. The molecule has 0 heterocycles. The smallest absolute Gasteiger partial charge is 0.416 e. The molecule has 12 heteroatoms. The van der Waals surface area contributed by atoms with Gasteiger partial charge in [-0.1, -0.05) is 28.1 Å². The van der Waals surface area contributed by atoms with Crippen LogP contribution < -0.4 is 14.8 Å². The van der Waals surface area contributed by atoms with Gasteiger partial charge in [0.25, 0.3) is 5.91 Å². The van der Waals surface area contributed by atoms with Crippen LogP contribution >= 0.6 is 15.9 Å². The standard InChI is InChI=1S/C26H20BrF3N2O5S/c1-2-36-24-13-17(12-22(15-31)38(34,35)21-9-7-19(27)8-10-21)6-11-23(24)37-16-25(33)32-20-5-3-4-18(14-20)26(28,29)30/h3-14H,2,16H2,1H3,(H,32,33). The van der Waals surface area contributed by atoms with E-state index in [4.69, 9.17) is 9.47 Å². The molecule has 198 valence electrons. The summed E-state index contributed by atoms with van der Waals surface area (Å²) in [5.41, 5.74) is -0.626. The van der Waals surface area contributed by atoms with Gasteiger partial charge in [-0.25, -0.2) is 8.42 Å². The highest BCUT2D eigenvalue weighted by Gasteiger charge is 2.30. The number of amides is 1. The van der Waals surface area contributed by atoms with Crippen LogP contribution in [0.25, 0.3) is 6.08 Å². The lowest BCUT2D eigenvalue weighted by molar-refractivity contribution is -0.137. The van der Waals surface area contributed by atoms with Crippen molar-refractivity contribution in [1.82, 2.24) is 0 Å². The van der Waals surface area contributed by atoms with Crippen molar-refractivity contribution in [2.24, 2.45) is 0 Å². The molecule has 0 aliphatic rings. The monoisotopic (exact) mass is 608 g/mol. The molecule has 0 aromatic heterocycles. The Morgan fingerprint density at radius 2 is 1.76 bits per heavy atom. The lowest BCUT2D eigenvalue weighted by atomic mass is 10.2. The summed E-state index contributed by atoms with van der Waals surface area (Å²) in [6, 6.07) is 16.1. The SMILES string of the molecule is CCOc1cc(C=C(C#N)S(=O)(=O)c2ccc(Br)cc2)ccc1OCC(=O)Nc1cccc(C(F)(F)F)c1. The van der Waals surface area contributed by atoms with Gasteiger partial charge in [-0.3, -0.25) is 4.79 Å². The van der Waals surface area contributed by atoms with Gasteiger partial charge in [-0.15, -0.1) is 0 Å². The van der Waals surface area contributed by atoms with Crippen LogP contribution in [0.2, 0.25) is 0 Å². The number of allylic oxidation sites excluding steroid dienone is 1. The Labute approximate surface area is 225 Å². The largest absolute Gasteiger partial charge is 0.490 e. The first-order valence-corrected chi connectivity index (χ1v) is 13.2. The van der Waals surface area contributed by atoms with Gasteiger partial charge in [-0.2, -0.15) is 18.4 Å². The third-order valence-corrected chi connectivity index (χ3v) is 7.13. The number of nitrogens with zero attached hydrogens (tertiary/aromatic N) is 1. The molecular formula is C26H20BrF3N2O5S. The molecule has 0 unspecified atom stereocenters. The fourth-order valence-electron chi connectivity index (χ4n) is 3.18. The Morgan fingerprint density at radius 1 is 1.05 bits per heavy atom. The number of rotatable bonds is 9. The summed E-state index contributed by atoms with van der Waals surface area (Å²) < 4.78 is 76.1. The molecule has 0 spiro atoms. The van der Waals surface area contributed by atoms with Crippen molar-refractivity contribution in [2.75, 3.05) is 18.5 Å². The third-order valence-electron chi connectivity index (χ3n) is 4.92. The second-order valence-electron chi connectivity index (χ2n) is 7.63. The minimum Gasteiger partial charge on any atom is -0.490 e. The van der Waals surface area contributed by atoms with E-state index >= 15 is 0 Å². The molecule has 3 aromatic carbocycles. The van der Waals surface area contributed by atoms with Gasteiger partial charge in [0.1, 0.15) is 11.0 Å². The number of ether oxygens (including phenoxy) is 2. The van der Waals surface area contributed by atoms with Crippen molar-refractivity contribution < 1.29 is 35.9 Å². The summed E-state index contributed by atoms with van der Waals surface area (Å²) in [7, 11) is -4.08. The third kappa shape index (κ3) is 7.36. The average Bonchev–Trinajstić information content (AvgIpc) is 2.86. The second kappa shape index (κ2) is 12.1. The molecule has 38 heavy (non-hydrogen) atoms. The van der Waals surface area contributed by atoms with Gasteiger partial charge in [0.2, 0.25) is 9.84 Å². The van der Waals surface area contributed by atoms with Gasteiger partial charge < -0.3 is 14.8 Å². The average molecular weight is 609 g/mol. The van der Waals surface area contributed by atoms with E-state index in [2.05, 4.69) is 21.2 Å². The van der Waals surface area contributed by atoms with E-state index in [1.807, 2.05) is 0 Å². The number of hydrogen-bond donors (Lipinski definition) is 1. The van der Waals surface area contributed by atoms with Crippen LogP contribution in [0, 0.1) is 11.3 Å². The number of carbonyl (C=O) groups is 1. The highest BCUT2D eigenvalue weighted by atomic mass is 79.9. The first kappa shape index (κ1) is 28.7. The lowest BCUT2D eigenvalue weighted by Gasteiger charge is -2.13. The number of nitrogens with one attached hydrogen (secondary N) is 1. The molecule has 1 N–H and O–H groups in total. The van der Waals surface area contributed by atoms with E-state index in [1.54, 1.807) is 25.1 Å². The number of nitriles is 1. The Kier molecular flexibility index (Phi) is 9.19. The Balaban J connectivity index is 1.78. The molecule has 0 radical (unpaired) electrons. The Morgan fingerprint density at radius 3 is 2.39 bits per heavy atom. The minimum absolute atomic E-state index is 0.0463. The maximum atomic E-state index is 12.9. The summed E-state index contributed by atoms with van der Waals surface area (Å²) in [6.45, 7) is 1.38. The van der Waals surface area contributed by atoms with Crippen molar-refractivity contribution in [1.29, 1.82) is 5.26 Å². The highest BCUT2D eigenvalue weighted by Crippen LogP contribution is 2.32. The number of hydrogen-bond acceptors (Lipinski definition) is 6. The number of anilines is 1. The molecule has 0 fully saturated rings. The summed E-state index contributed by atoms with van der Waals surface area (Å²) in [5.74, 6) is -0.396. The molecule has 0 aliphatic carbocycles. The molecular weight excluding hydrogens is 589 g/mol. The number of halogens is 4. The number of carbonyl (C=O) groups excluding carboxylic acids is 1. The number of sulfone groups is 1. The van der Waals surface area contributed by atoms with E-state index in [-0.39, 0.29) is 28.7 Å². The normalized spacial score (nSPS) is 11.9. The molecule has 3 aromatic rings. The molecule has 0 bridgehead atoms. The van der Waals surface area contributed by atoms with Gasteiger partial charge in [0, 0.05) is 10.2 Å². The molecule has 0 atom stereocenters. The predicted molar refractivity (Wildman–Crippen MR) is 138 cm³/mol. The number of benzene rings is 3. The molecule has 0 saturated carbocycles. The topological polar surface area (TPSA) is 105 Å². The zero-order chi connectivity index (χ0) is 27.9. The maximum Gasteiger partial charge on any atom is 0.416 e. The van der Waals surface area contributed by atoms with E-state index < -0.39 is 39.0 Å². The lowest BCUT2D eigenvalue weighted by Crippen LogP contribution is -2.20. The van der Waals surface area contributed by atoms with Crippen LogP contribution in [-0.2, 0) is 20.8 Å². The van der Waals surface area contributed by atoms with Crippen LogP contribution in [0.15, 0.2) is 81.0 Å². The van der Waals surface area contributed by atoms with E-state index in [9.17, 15) is 31.6 Å². The Bertz CT molecular complexity index is 1500. The zero-order valence-corrected chi connectivity index (χ0v) is 22.2. The summed E-state index contributed by atoms with van der Waals surface area (Å²) >= 11 is 3.23. The van der Waals surface area contributed by atoms with Crippen molar-refractivity contribution in [3.63, 3.8) is 0 Å². The fourth-order valence-corrected chi connectivity index (χ4v) is 4.60. The Hall–Kier alpha value is -3.82. The molecule has 1 amide bonds. The van der Waals surface area contributed by atoms with Crippen molar-refractivity contribution >= 4 is 43.4 Å². The number of alkyl halides is 3. The predicted octanol–water partition coefficient (Wildman–Crippen LogP) is 6.22. The highest BCUT2D eigenvalue weighted by molar-refractivity contribution is 9.10.